The monoisotopic (exact) mass is 495 g/mol. The number of aromatic nitrogens is 1. The number of hydrogen-bond donors (Lipinski definition) is 0. The lowest BCUT2D eigenvalue weighted by Crippen LogP contribution is -2.40. The molecule has 1 fully saturated rings. The predicted octanol–water partition coefficient (Wildman–Crippen LogP) is 4.70. The highest BCUT2D eigenvalue weighted by Crippen LogP contribution is 2.31. The van der Waals surface area contributed by atoms with Gasteiger partial charge < -0.3 is 9.42 Å². The Balaban J connectivity index is 1.42. The van der Waals surface area contributed by atoms with E-state index in [-0.39, 0.29) is 23.4 Å². The third kappa shape index (κ3) is 6.38. The van der Waals surface area contributed by atoms with Gasteiger partial charge in [0.05, 0.1) is 17.1 Å². The maximum atomic E-state index is 13.5. The number of benzene rings is 2. The summed E-state index contributed by atoms with van der Waals surface area (Å²) in [6.07, 6.45) is 4.39. The molecule has 1 aliphatic carbocycles. The second kappa shape index (κ2) is 11.2. The van der Waals surface area contributed by atoms with Crippen molar-refractivity contribution >= 4 is 16.4 Å². The van der Waals surface area contributed by atoms with Crippen LogP contribution in [-0.4, -0.2) is 41.8 Å². The number of carbonyl (C=O) groups excluding carboxylic acids is 1. The second-order valence-electron chi connectivity index (χ2n) is 9.48. The fourth-order valence-electron chi connectivity index (χ4n) is 4.77. The van der Waals surface area contributed by atoms with Gasteiger partial charge in [0.2, 0.25) is 16.4 Å². The van der Waals surface area contributed by atoms with Crippen LogP contribution in [0.5, 0.6) is 0 Å². The summed E-state index contributed by atoms with van der Waals surface area (Å²) in [6.45, 7) is 5.02. The smallest absolute Gasteiger partial charge is 0.243 e. The molecule has 1 aliphatic rings. The number of nitrogens with zero attached hydrogens (tertiary/aromatic N) is 3. The van der Waals surface area contributed by atoms with Crippen LogP contribution in [0.2, 0.25) is 0 Å². The van der Waals surface area contributed by atoms with E-state index in [1.54, 1.807) is 43.3 Å². The number of amides is 1. The summed E-state index contributed by atoms with van der Waals surface area (Å²) >= 11 is 0. The average molecular weight is 496 g/mol. The van der Waals surface area contributed by atoms with Crippen LogP contribution in [-0.2, 0) is 27.9 Å². The van der Waals surface area contributed by atoms with Crippen molar-refractivity contribution in [1.29, 1.82) is 0 Å². The molecule has 186 valence electrons. The molecule has 0 radical (unpaired) electrons. The summed E-state index contributed by atoms with van der Waals surface area (Å²) in [7, 11) is -3.68. The van der Waals surface area contributed by atoms with E-state index in [1.165, 1.54) is 9.87 Å². The topological polar surface area (TPSA) is 83.7 Å². The summed E-state index contributed by atoms with van der Waals surface area (Å²) < 4.78 is 33.6. The van der Waals surface area contributed by atoms with E-state index in [2.05, 4.69) is 29.4 Å². The first-order chi connectivity index (χ1) is 16.8. The molecule has 1 saturated carbocycles. The Labute approximate surface area is 207 Å². The molecule has 0 N–H and O–H groups in total. The van der Waals surface area contributed by atoms with Crippen LogP contribution >= 0.6 is 0 Å². The summed E-state index contributed by atoms with van der Waals surface area (Å²) in [5.41, 5.74) is 2.91. The summed E-state index contributed by atoms with van der Waals surface area (Å²) in [5, 5.41) is 4.02. The van der Waals surface area contributed by atoms with E-state index in [4.69, 9.17) is 4.52 Å². The Hall–Kier alpha value is -2.97. The zero-order valence-electron chi connectivity index (χ0n) is 20.3. The van der Waals surface area contributed by atoms with Crippen molar-refractivity contribution in [2.24, 2.45) is 5.92 Å². The number of aryl methyl sites for hydroxylation is 2. The number of rotatable bonds is 10. The van der Waals surface area contributed by atoms with Gasteiger partial charge in [0.25, 0.3) is 0 Å². The minimum absolute atomic E-state index is 0.169. The predicted molar refractivity (Wildman–Crippen MR) is 134 cm³/mol. The van der Waals surface area contributed by atoms with Crippen molar-refractivity contribution in [2.45, 2.75) is 63.6 Å². The summed E-state index contributed by atoms with van der Waals surface area (Å²) in [4.78, 5) is 14.0. The highest BCUT2D eigenvalue weighted by molar-refractivity contribution is 7.89. The van der Waals surface area contributed by atoms with E-state index in [0.29, 0.717) is 24.5 Å². The van der Waals surface area contributed by atoms with Crippen molar-refractivity contribution in [3.8, 4) is 0 Å². The highest BCUT2D eigenvalue weighted by atomic mass is 32.2. The third-order valence-corrected chi connectivity index (χ3v) is 8.59. The molecule has 1 heterocycles. The minimum atomic E-state index is -3.68. The Bertz CT molecular complexity index is 1200. The largest absolute Gasteiger partial charge is 0.361 e. The maximum Gasteiger partial charge on any atom is 0.243 e. The maximum absolute atomic E-state index is 13.5. The Morgan fingerprint density at radius 3 is 2.26 bits per heavy atom. The number of hydrogen-bond acceptors (Lipinski definition) is 5. The molecular formula is C27H33N3O4S. The molecule has 0 bridgehead atoms. The van der Waals surface area contributed by atoms with Gasteiger partial charge in [-0.1, -0.05) is 53.2 Å². The molecule has 3 aromatic rings. The SMILES string of the molecule is Cc1ccc(CN(C=O)C2CCC(CN(Cc3cc(C)on3)S(=O)(=O)c3ccccc3)CC2)cc1. The fraction of sp³-hybridized carbons (Fsp3) is 0.407. The van der Waals surface area contributed by atoms with Gasteiger partial charge in [-0.05, 0) is 63.1 Å². The van der Waals surface area contributed by atoms with Crippen LogP contribution in [0.4, 0.5) is 0 Å². The van der Waals surface area contributed by atoms with E-state index in [1.807, 2.05) is 11.8 Å². The molecule has 35 heavy (non-hydrogen) atoms. The molecule has 4 rings (SSSR count). The van der Waals surface area contributed by atoms with Gasteiger partial charge >= 0.3 is 0 Å². The van der Waals surface area contributed by atoms with Crippen molar-refractivity contribution in [3.05, 3.63) is 83.2 Å². The molecule has 2 aromatic carbocycles. The molecule has 0 spiro atoms. The molecule has 1 aromatic heterocycles. The first-order valence-corrected chi connectivity index (χ1v) is 13.5. The molecule has 0 aliphatic heterocycles. The average Bonchev–Trinajstić information content (AvgIpc) is 3.29. The summed E-state index contributed by atoms with van der Waals surface area (Å²) in [6, 6.07) is 18.7. The first kappa shape index (κ1) is 25.1. The third-order valence-electron chi connectivity index (χ3n) is 6.76. The van der Waals surface area contributed by atoms with Crippen LogP contribution in [0, 0.1) is 19.8 Å². The zero-order valence-corrected chi connectivity index (χ0v) is 21.2. The lowest BCUT2D eigenvalue weighted by molar-refractivity contribution is -0.121. The van der Waals surface area contributed by atoms with E-state index in [9.17, 15) is 13.2 Å². The first-order valence-electron chi connectivity index (χ1n) is 12.1. The van der Waals surface area contributed by atoms with Crippen molar-refractivity contribution in [1.82, 2.24) is 14.4 Å². The van der Waals surface area contributed by atoms with E-state index in [0.717, 1.165) is 37.7 Å². The molecule has 8 heteroatoms. The standard InChI is InChI=1S/C27H33N3O4S/c1-21-8-10-23(11-9-21)17-29(20-31)26-14-12-24(13-15-26)18-30(19-25-16-22(2)34-28-25)35(32,33)27-6-4-3-5-7-27/h3-11,16,20,24,26H,12-15,17-19H2,1-2H3. The van der Waals surface area contributed by atoms with Gasteiger partial charge in [0, 0.05) is 25.2 Å². The molecule has 0 saturated heterocycles. The Morgan fingerprint density at radius 1 is 0.971 bits per heavy atom. The van der Waals surface area contributed by atoms with E-state index >= 15 is 0 Å². The fourth-order valence-corrected chi connectivity index (χ4v) is 6.27. The van der Waals surface area contributed by atoms with Crippen molar-refractivity contribution < 1.29 is 17.7 Å². The minimum Gasteiger partial charge on any atom is -0.361 e. The van der Waals surface area contributed by atoms with Gasteiger partial charge in [-0.2, -0.15) is 4.31 Å². The van der Waals surface area contributed by atoms with Gasteiger partial charge in [-0.3, -0.25) is 4.79 Å². The normalized spacial score (nSPS) is 18.5. The second-order valence-corrected chi connectivity index (χ2v) is 11.4. The van der Waals surface area contributed by atoms with Crippen LogP contribution in [0.25, 0.3) is 0 Å². The molecule has 7 nitrogen and oxygen atoms in total. The Morgan fingerprint density at radius 2 is 1.66 bits per heavy atom. The number of carbonyl (C=O) groups is 1. The van der Waals surface area contributed by atoms with Gasteiger partial charge in [0.15, 0.2) is 0 Å². The van der Waals surface area contributed by atoms with Crippen molar-refractivity contribution in [3.63, 3.8) is 0 Å². The van der Waals surface area contributed by atoms with Crippen LogP contribution in [0.3, 0.4) is 0 Å². The Kier molecular flexibility index (Phi) is 8.03. The quantitative estimate of drug-likeness (QED) is 0.381. The molecule has 1 amide bonds. The highest BCUT2D eigenvalue weighted by Gasteiger charge is 2.31. The van der Waals surface area contributed by atoms with Gasteiger partial charge in [-0.25, -0.2) is 8.42 Å². The zero-order chi connectivity index (χ0) is 24.8. The van der Waals surface area contributed by atoms with Gasteiger partial charge in [0.1, 0.15) is 5.76 Å². The lowest BCUT2D eigenvalue weighted by atomic mass is 9.85. The van der Waals surface area contributed by atoms with E-state index < -0.39 is 10.0 Å². The lowest BCUT2D eigenvalue weighted by Gasteiger charge is -2.36. The molecule has 0 atom stereocenters. The van der Waals surface area contributed by atoms with Crippen LogP contribution < -0.4 is 0 Å². The van der Waals surface area contributed by atoms with Crippen molar-refractivity contribution in [2.75, 3.05) is 6.54 Å². The number of sulfonamides is 1. The molecule has 0 unspecified atom stereocenters. The van der Waals surface area contributed by atoms with Gasteiger partial charge in [-0.15, -0.1) is 0 Å². The molecular weight excluding hydrogens is 462 g/mol. The van der Waals surface area contributed by atoms with Crippen LogP contribution in [0.1, 0.15) is 48.3 Å². The van der Waals surface area contributed by atoms with Crippen LogP contribution in [0.15, 0.2) is 70.1 Å². The summed E-state index contributed by atoms with van der Waals surface area (Å²) in [5.74, 6) is 0.866.